The summed E-state index contributed by atoms with van der Waals surface area (Å²) < 4.78 is 2.05. The standard InChI is InChI=1S/C21H20N4O2/c1-2-25-11-10-22-20(25)15-4-3-5-17(13-15)23-21(27)16-6-8-18-14(12-16)7-9-19(26)24-18/h3-6,8,10-13H,2,7,9H2,1H3,(H,23,27)(H,24,26). The molecule has 4 rings (SSSR count). The maximum atomic E-state index is 12.7. The van der Waals surface area contributed by atoms with Gasteiger partial charge in [-0.1, -0.05) is 12.1 Å². The molecule has 3 aromatic rings. The summed E-state index contributed by atoms with van der Waals surface area (Å²) in [5, 5.41) is 5.78. The van der Waals surface area contributed by atoms with Crippen molar-refractivity contribution in [2.45, 2.75) is 26.3 Å². The predicted octanol–water partition coefficient (Wildman–Crippen LogP) is 3.71. The molecular formula is C21H20N4O2. The highest BCUT2D eigenvalue weighted by atomic mass is 16.2. The van der Waals surface area contributed by atoms with Gasteiger partial charge in [0.2, 0.25) is 5.91 Å². The minimum Gasteiger partial charge on any atom is -0.331 e. The van der Waals surface area contributed by atoms with Crippen molar-refractivity contribution in [3.8, 4) is 11.4 Å². The molecule has 2 N–H and O–H groups in total. The summed E-state index contributed by atoms with van der Waals surface area (Å²) in [5.74, 6) is 0.714. The molecule has 0 atom stereocenters. The first-order chi connectivity index (χ1) is 13.1. The van der Waals surface area contributed by atoms with E-state index in [1.165, 1.54) is 0 Å². The minimum atomic E-state index is -0.175. The molecule has 2 heterocycles. The highest BCUT2D eigenvalue weighted by molar-refractivity contribution is 6.05. The van der Waals surface area contributed by atoms with Crippen molar-refractivity contribution < 1.29 is 9.59 Å². The molecule has 136 valence electrons. The molecule has 2 aromatic carbocycles. The molecule has 1 aliphatic heterocycles. The molecule has 0 aliphatic carbocycles. The number of nitrogens with zero attached hydrogens (tertiary/aromatic N) is 2. The van der Waals surface area contributed by atoms with E-state index in [2.05, 4.69) is 27.1 Å². The van der Waals surface area contributed by atoms with Crippen molar-refractivity contribution in [1.82, 2.24) is 9.55 Å². The van der Waals surface area contributed by atoms with Crippen LogP contribution in [0.5, 0.6) is 0 Å². The van der Waals surface area contributed by atoms with Gasteiger partial charge in [-0.25, -0.2) is 4.98 Å². The van der Waals surface area contributed by atoms with E-state index in [1.54, 1.807) is 18.3 Å². The number of nitrogens with one attached hydrogen (secondary N) is 2. The van der Waals surface area contributed by atoms with Crippen LogP contribution >= 0.6 is 0 Å². The SMILES string of the molecule is CCn1ccnc1-c1cccc(NC(=O)c2ccc3c(c2)CCC(=O)N3)c1. The van der Waals surface area contributed by atoms with Gasteiger partial charge < -0.3 is 15.2 Å². The van der Waals surface area contributed by atoms with E-state index in [4.69, 9.17) is 0 Å². The van der Waals surface area contributed by atoms with Crippen molar-refractivity contribution in [2.24, 2.45) is 0 Å². The molecule has 1 aliphatic rings. The third kappa shape index (κ3) is 3.46. The third-order valence-electron chi connectivity index (χ3n) is 4.70. The van der Waals surface area contributed by atoms with Crippen LogP contribution in [0.15, 0.2) is 54.9 Å². The van der Waals surface area contributed by atoms with E-state index in [0.29, 0.717) is 24.1 Å². The van der Waals surface area contributed by atoms with Crippen molar-refractivity contribution >= 4 is 23.2 Å². The van der Waals surface area contributed by atoms with Gasteiger partial charge >= 0.3 is 0 Å². The van der Waals surface area contributed by atoms with Crippen molar-refractivity contribution in [3.05, 3.63) is 66.0 Å². The molecule has 6 heteroatoms. The van der Waals surface area contributed by atoms with Crippen LogP contribution in [-0.2, 0) is 17.8 Å². The summed E-state index contributed by atoms with van der Waals surface area (Å²) >= 11 is 0. The Kier molecular flexibility index (Phi) is 4.46. The summed E-state index contributed by atoms with van der Waals surface area (Å²) in [5.41, 5.74) is 4.02. The second kappa shape index (κ2) is 7.07. The van der Waals surface area contributed by atoms with Crippen LogP contribution in [-0.4, -0.2) is 21.4 Å². The van der Waals surface area contributed by atoms with Crippen LogP contribution in [0.2, 0.25) is 0 Å². The summed E-state index contributed by atoms with van der Waals surface area (Å²) in [6.07, 6.45) is 4.81. The molecule has 0 saturated carbocycles. The molecule has 27 heavy (non-hydrogen) atoms. The van der Waals surface area contributed by atoms with Crippen LogP contribution in [0.25, 0.3) is 11.4 Å². The lowest BCUT2D eigenvalue weighted by atomic mass is 10.00. The molecule has 0 fully saturated rings. The number of imidazole rings is 1. The number of carbonyl (C=O) groups excluding carboxylic acids is 2. The van der Waals surface area contributed by atoms with Gasteiger partial charge in [0.15, 0.2) is 0 Å². The van der Waals surface area contributed by atoms with Crippen molar-refractivity contribution in [1.29, 1.82) is 0 Å². The molecule has 1 aromatic heterocycles. The number of benzene rings is 2. The van der Waals surface area contributed by atoms with Gasteiger partial charge in [-0.3, -0.25) is 9.59 Å². The molecule has 2 amide bonds. The number of aromatic nitrogens is 2. The second-order valence-corrected chi connectivity index (χ2v) is 6.49. The average Bonchev–Trinajstić information content (AvgIpc) is 3.16. The van der Waals surface area contributed by atoms with Crippen molar-refractivity contribution in [2.75, 3.05) is 10.6 Å². The topological polar surface area (TPSA) is 76.0 Å². The lowest BCUT2D eigenvalue weighted by molar-refractivity contribution is -0.116. The number of fused-ring (bicyclic) bond motifs is 1. The largest absolute Gasteiger partial charge is 0.331 e. The van der Waals surface area contributed by atoms with E-state index in [9.17, 15) is 9.59 Å². The summed E-state index contributed by atoms with van der Waals surface area (Å²) in [6.45, 7) is 2.90. The fourth-order valence-corrected chi connectivity index (χ4v) is 3.29. The van der Waals surface area contributed by atoms with Crippen molar-refractivity contribution in [3.63, 3.8) is 0 Å². The monoisotopic (exact) mass is 360 g/mol. The van der Waals surface area contributed by atoms with Crippen LogP contribution in [0, 0.1) is 0 Å². The van der Waals surface area contributed by atoms with E-state index in [1.807, 2.05) is 36.5 Å². The molecule has 6 nitrogen and oxygen atoms in total. The number of rotatable bonds is 4. The van der Waals surface area contributed by atoms with Gasteiger partial charge in [-0.05, 0) is 49.2 Å². The maximum absolute atomic E-state index is 12.7. The lowest BCUT2D eigenvalue weighted by Crippen LogP contribution is -2.20. The zero-order valence-electron chi connectivity index (χ0n) is 15.0. The minimum absolute atomic E-state index is 0.0157. The first-order valence-corrected chi connectivity index (χ1v) is 9.00. The first-order valence-electron chi connectivity index (χ1n) is 9.00. The fourth-order valence-electron chi connectivity index (χ4n) is 3.29. The molecule has 0 saturated heterocycles. The van der Waals surface area contributed by atoms with Crippen LogP contribution in [0.1, 0.15) is 29.3 Å². The highest BCUT2D eigenvalue weighted by Crippen LogP contribution is 2.25. The van der Waals surface area contributed by atoms with Crippen LogP contribution < -0.4 is 10.6 Å². The summed E-state index contributed by atoms with van der Waals surface area (Å²) in [7, 11) is 0. The smallest absolute Gasteiger partial charge is 0.255 e. The van der Waals surface area contributed by atoms with Gasteiger partial charge in [0.25, 0.3) is 5.91 Å². The Morgan fingerprint density at radius 3 is 2.96 bits per heavy atom. The molecular weight excluding hydrogens is 340 g/mol. The Hall–Kier alpha value is -3.41. The Morgan fingerprint density at radius 1 is 1.22 bits per heavy atom. The zero-order valence-corrected chi connectivity index (χ0v) is 15.0. The summed E-state index contributed by atoms with van der Waals surface area (Å²) in [6, 6.07) is 13.0. The summed E-state index contributed by atoms with van der Waals surface area (Å²) in [4.78, 5) is 28.5. The Labute approximate surface area is 157 Å². The average molecular weight is 360 g/mol. The van der Waals surface area contributed by atoms with Gasteiger partial charge in [-0.2, -0.15) is 0 Å². The Morgan fingerprint density at radius 2 is 2.11 bits per heavy atom. The molecule has 0 bridgehead atoms. The molecule has 0 radical (unpaired) electrons. The highest BCUT2D eigenvalue weighted by Gasteiger charge is 2.17. The third-order valence-corrected chi connectivity index (χ3v) is 4.70. The van der Waals surface area contributed by atoms with E-state index in [-0.39, 0.29) is 11.8 Å². The maximum Gasteiger partial charge on any atom is 0.255 e. The normalized spacial score (nSPS) is 13.0. The van der Waals surface area contributed by atoms with Gasteiger partial charge in [0.1, 0.15) is 5.82 Å². The van der Waals surface area contributed by atoms with Crippen LogP contribution in [0.3, 0.4) is 0 Å². The number of anilines is 2. The zero-order chi connectivity index (χ0) is 18.8. The molecule has 0 spiro atoms. The van der Waals surface area contributed by atoms with E-state index >= 15 is 0 Å². The van der Waals surface area contributed by atoms with Gasteiger partial charge in [0.05, 0.1) is 0 Å². The number of hydrogen-bond acceptors (Lipinski definition) is 3. The quantitative estimate of drug-likeness (QED) is 0.745. The van der Waals surface area contributed by atoms with E-state index < -0.39 is 0 Å². The number of aryl methyl sites for hydroxylation is 2. The number of amides is 2. The Bertz CT molecular complexity index is 1020. The first kappa shape index (κ1) is 17.0. The number of hydrogen-bond donors (Lipinski definition) is 2. The lowest BCUT2D eigenvalue weighted by Gasteiger charge is -2.17. The fraction of sp³-hybridized carbons (Fsp3) is 0.190. The molecule has 0 unspecified atom stereocenters. The van der Waals surface area contributed by atoms with Gasteiger partial charge in [-0.15, -0.1) is 0 Å². The predicted molar refractivity (Wildman–Crippen MR) is 105 cm³/mol. The Balaban J connectivity index is 1.55. The van der Waals surface area contributed by atoms with Crippen LogP contribution in [0.4, 0.5) is 11.4 Å². The second-order valence-electron chi connectivity index (χ2n) is 6.49. The van der Waals surface area contributed by atoms with E-state index in [0.717, 1.165) is 29.2 Å². The number of carbonyl (C=O) groups is 2. The van der Waals surface area contributed by atoms with Gasteiger partial charge in [0, 0.05) is 47.9 Å².